The predicted octanol–water partition coefficient (Wildman–Crippen LogP) is 1.21. The third-order valence-electron chi connectivity index (χ3n) is 2.71. The third-order valence-corrected chi connectivity index (χ3v) is 2.71. The topological polar surface area (TPSA) is 46.3 Å². The number of anilines is 1. The van der Waals surface area contributed by atoms with E-state index in [1.54, 1.807) is 6.92 Å². The highest BCUT2D eigenvalue weighted by molar-refractivity contribution is 5.74. The van der Waals surface area contributed by atoms with Crippen molar-refractivity contribution in [1.82, 2.24) is 4.90 Å². The van der Waals surface area contributed by atoms with Crippen LogP contribution < -0.4 is 5.73 Å². The summed E-state index contributed by atoms with van der Waals surface area (Å²) >= 11 is 0. The molecule has 0 aliphatic carbocycles. The molecule has 1 heterocycles. The van der Waals surface area contributed by atoms with Gasteiger partial charge in [-0.1, -0.05) is 12.1 Å². The normalized spacial score (nSPS) is 16.5. The zero-order valence-electron chi connectivity index (χ0n) is 8.23. The Morgan fingerprint density at radius 1 is 1.50 bits per heavy atom. The molecule has 3 heteroatoms. The summed E-state index contributed by atoms with van der Waals surface area (Å²) in [5.74, 6) is 0.632. The van der Waals surface area contributed by atoms with Crippen molar-refractivity contribution in [3.8, 4) is 0 Å². The average molecular weight is 190 g/mol. The molecule has 74 valence electrons. The molecule has 0 radical (unpaired) electrons. The number of carbonyl (C=O) groups excluding carboxylic acids is 1. The number of benzene rings is 1. The van der Waals surface area contributed by atoms with Gasteiger partial charge >= 0.3 is 0 Å². The Hall–Kier alpha value is -1.51. The first kappa shape index (κ1) is 9.06. The minimum atomic E-state index is 0.158. The zero-order valence-corrected chi connectivity index (χ0v) is 8.23. The van der Waals surface area contributed by atoms with E-state index < -0.39 is 0 Å². The van der Waals surface area contributed by atoms with Crippen molar-refractivity contribution in [3.63, 3.8) is 0 Å². The Morgan fingerprint density at radius 2 is 2.21 bits per heavy atom. The maximum Gasteiger partial charge on any atom is 0.219 e. The van der Waals surface area contributed by atoms with Crippen molar-refractivity contribution in [1.29, 1.82) is 0 Å². The van der Waals surface area contributed by atoms with Crippen molar-refractivity contribution >= 4 is 11.6 Å². The van der Waals surface area contributed by atoms with Gasteiger partial charge in [-0.2, -0.15) is 0 Å². The van der Waals surface area contributed by atoms with Gasteiger partial charge in [0.25, 0.3) is 0 Å². The van der Waals surface area contributed by atoms with E-state index in [4.69, 9.17) is 5.73 Å². The molecule has 1 amide bonds. The Morgan fingerprint density at radius 3 is 2.79 bits per heavy atom. The molecule has 0 unspecified atom stereocenters. The number of likely N-dealkylation sites (tertiary alicyclic amines) is 1. The summed E-state index contributed by atoms with van der Waals surface area (Å²) in [4.78, 5) is 12.8. The number of carbonyl (C=O) groups is 1. The SMILES string of the molecule is CC(=O)N1CC(c2cccc(N)c2)C1. The fourth-order valence-corrected chi connectivity index (χ4v) is 1.76. The van der Waals surface area contributed by atoms with Crippen LogP contribution in [0.4, 0.5) is 5.69 Å². The Bertz CT molecular complexity index is 356. The fourth-order valence-electron chi connectivity index (χ4n) is 1.76. The molecule has 0 atom stereocenters. The summed E-state index contributed by atoms with van der Waals surface area (Å²) in [7, 11) is 0. The lowest BCUT2D eigenvalue weighted by atomic mass is 9.91. The summed E-state index contributed by atoms with van der Waals surface area (Å²) in [5, 5.41) is 0. The van der Waals surface area contributed by atoms with Crippen LogP contribution in [-0.2, 0) is 4.79 Å². The lowest BCUT2D eigenvalue weighted by molar-refractivity contribution is -0.133. The van der Waals surface area contributed by atoms with Gasteiger partial charge in [0.1, 0.15) is 0 Å². The summed E-state index contributed by atoms with van der Waals surface area (Å²) in [6.45, 7) is 3.27. The van der Waals surface area contributed by atoms with Gasteiger partial charge < -0.3 is 10.6 Å². The monoisotopic (exact) mass is 190 g/mol. The van der Waals surface area contributed by atoms with E-state index in [-0.39, 0.29) is 5.91 Å². The van der Waals surface area contributed by atoms with Gasteiger partial charge in [-0.3, -0.25) is 4.79 Å². The molecule has 1 aromatic carbocycles. The molecular formula is C11H14N2O. The number of nitrogens with zero attached hydrogens (tertiary/aromatic N) is 1. The van der Waals surface area contributed by atoms with Gasteiger partial charge in [-0.25, -0.2) is 0 Å². The largest absolute Gasteiger partial charge is 0.399 e. The third kappa shape index (κ3) is 1.58. The van der Waals surface area contributed by atoms with Gasteiger partial charge in [0, 0.05) is 31.6 Å². The first-order chi connectivity index (χ1) is 6.66. The van der Waals surface area contributed by atoms with Crippen LogP contribution in [0.5, 0.6) is 0 Å². The molecule has 1 saturated heterocycles. The molecule has 0 aromatic heterocycles. The van der Waals surface area contributed by atoms with Gasteiger partial charge in [0.05, 0.1) is 0 Å². The number of rotatable bonds is 1. The molecule has 1 aliphatic rings. The molecule has 1 fully saturated rings. The van der Waals surface area contributed by atoms with Crippen molar-refractivity contribution in [2.45, 2.75) is 12.8 Å². The molecule has 2 N–H and O–H groups in total. The molecule has 3 nitrogen and oxygen atoms in total. The molecule has 2 rings (SSSR count). The summed E-state index contributed by atoms with van der Waals surface area (Å²) in [5.41, 5.74) is 7.72. The number of amides is 1. The van der Waals surface area contributed by atoms with E-state index in [9.17, 15) is 4.79 Å². The molecule has 0 bridgehead atoms. The lowest BCUT2D eigenvalue weighted by Crippen LogP contribution is -2.47. The van der Waals surface area contributed by atoms with Crippen LogP contribution in [0.25, 0.3) is 0 Å². The maximum absolute atomic E-state index is 11.0. The highest BCUT2D eigenvalue weighted by Crippen LogP contribution is 2.27. The first-order valence-electron chi connectivity index (χ1n) is 4.78. The minimum absolute atomic E-state index is 0.158. The highest BCUT2D eigenvalue weighted by Gasteiger charge is 2.29. The Labute approximate surface area is 83.5 Å². The molecule has 0 spiro atoms. The highest BCUT2D eigenvalue weighted by atomic mass is 16.2. The fraction of sp³-hybridized carbons (Fsp3) is 0.364. The Kier molecular flexibility index (Phi) is 2.15. The van der Waals surface area contributed by atoms with E-state index in [0.717, 1.165) is 18.8 Å². The number of hydrogen-bond acceptors (Lipinski definition) is 2. The van der Waals surface area contributed by atoms with Crippen molar-refractivity contribution in [2.24, 2.45) is 0 Å². The second-order valence-corrected chi connectivity index (χ2v) is 3.79. The van der Waals surface area contributed by atoms with Crippen molar-refractivity contribution in [2.75, 3.05) is 18.8 Å². The summed E-state index contributed by atoms with van der Waals surface area (Å²) < 4.78 is 0. The number of hydrogen-bond donors (Lipinski definition) is 1. The van der Waals surface area contributed by atoms with E-state index in [1.165, 1.54) is 5.56 Å². The smallest absolute Gasteiger partial charge is 0.219 e. The minimum Gasteiger partial charge on any atom is -0.399 e. The predicted molar refractivity (Wildman–Crippen MR) is 55.8 cm³/mol. The molecule has 1 aromatic rings. The number of nitrogens with two attached hydrogens (primary N) is 1. The van der Waals surface area contributed by atoms with Crippen LogP contribution in [0, 0.1) is 0 Å². The first-order valence-corrected chi connectivity index (χ1v) is 4.78. The second kappa shape index (κ2) is 3.33. The lowest BCUT2D eigenvalue weighted by Gasteiger charge is -2.39. The van der Waals surface area contributed by atoms with Crippen LogP contribution in [0.3, 0.4) is 0 Å². The summed E-state index contributed by atoms with van der Waals surface area (Å²) in [6, 6.07) is 7.90. The van der Waals surface area contributed by atoms with E-state index in [1.807, 2.05) is 23.1 Å². The Balaban J connectivity index is 2.03. The standard InChI is InChI=1S/C11H14N2O/c1-8(14)13-6-10(7-13)9-3-2-4-11(12)5-9/h2-5,10H,6-7,12H2,1H3. The number of nitrogen functional groups attached to an aromatic ring is 1. The maximum atomic E-state index is 11.0. The van der Waals surface area contributed by atoms with Crippen LogP contribution in [-0.4, -0.2) is 23.9 Å². The zero-order chi connectivity index (χ0) is 10.1. The van der Waals surface area contributed by atoms with Crippen LogP contribution in [0.1, 0.15) is 18.4 Å². The molecular weight excluding hydrogens is 176 g/mol. The van der Waals surface area contributed by atoms with Crippen molar-refractivity contribution < 1.29 is 4.79 Å². The van der Waals surface area contributed by atoms with Gasteiger partial charge in [0.2, 0.25) is 5.91 Å². The molecule has 14 heavy (non-hydrogen) atoms. The quantitative estimate of drug-likeness (QED) is 0.677. The van der Waals surface area contributed by atoms with Crippen LogP contribution >= 0.6 is 0 Å². The van der Waals surface area contributed by atoms with Gasteiger partial charge in [-0.15, -0.1) is 0 Å². The summed E-state index contributed by atoms with van der Waals surface area (Å²) in [6.07, 6.45) is 0. The molecule has 1 aliphatic heterocycles. The molecule has 0 saturated carbocycles. The van der Waals surface area contributed by atoms with E-state index >= 15 is 0 Å². The van der Waals surface area contributed by atoms with Crippen molar-refractivity contribution in [3.05, 3.63) is 29.8 Å². The second-order valence-electron chi connectivity index (χ2n) is 3.79. The van der Waals surface area contributed by atoms with Gasteiger partial charge in [-0.05, 0) is 17.7 Å². The average Bonchev–Trinajstić information content (AvgIpc) is 2.00. The van der Waals surface area contributed by atoms with Crippen LogP contribution in [0.15, 0.2) is 24.3 Å². The van der Waals surface area contributed by atoms with Crippen LogP contribution in [0.2, 0.25) is 0 Å². The van der Waals surface area contributed by atoms with Gasteiger partial charge in [0.15, 0.2) is 0 Å². The van der Waals surface area contributed by atoms with E-state index in [2.05, 4.69) is 6.07 Å². The van der Waals surface area contributed by atoms with E-state index in [0.29, 0.717) is 5.92 Å².